The predicted octanol–water partition coefficient (Wildman–Crippen LogP) is -0.489. The summed E-state index contributed by atoms with van der Waals surface area (Å²) in [6.07, 6.45) is 0. The van der Waals surface area contributed by atoms with E-state index >= 15 is 0 Å². The van der Waals surface area contributed by atoms with E-state index in [1.54, 1.807) is 0 Å². The number of hydrogen-bond acceptors (Lipinski definition) is 12. The second kappa shape index (κ2) is 662. The van der Waals surface area contributed by atoms with Crippen LogP contribution in [-0.4, -0.2) is 76.0 Å². The SMILES string of the molecule is O.O.O.O.O.O.O.O.O.O.O.O=POOO.O=POOO.O=POOO.[CH3-].[CH3-].[CH3-].[CH3-].[CH3-].[CH3-].[CH3-].[CH3-].[CH3-].[CH3-].[CH3-].[CH3-].[CH3-].[CH3-].[CH3-].[Zr+2].[Zr+2].[Zr+3].[Zr+3].[Zr+4].[Zr]. The summed E-state index contributed by atoms with van der Waals surface area (Å²) in [5, 5.41) is 30.0. The van der Waals surface area contributed by atoms with Crippen LogP contribution >= 0.6 is 26.1 Å². The summed E-state index contributed by atoms with van der Waals surface area (Å²) in [4.78, 5) is 0. The van der Waals surface area contributed by atoms with E-state index < -0.39 is 26.1 Å². The molecule has 0 aliphatic heterocycles. The molecule has 0 unspecified atom stereocenters. The maximum absolute atomic E-state index is 8.99. The molecule has 0 saturated heterocycles. The third-order valence-electron chi connectivity index (χ3n) is 0.191. The van der Waals surface area contributed by atoms with Gasteiger partial charge in [-0.15, -0.1) is 14.0 Å². The molecule has 47 heavy (non-hydrogen) atoms. The molecule has 0 aliphatic carbocycles. The first-order valence-electron chi connectivity index (χ1n) is 2.14. The maximum atomic E-state index is 8.99. The Morgan fingerprint density at radius 1 is 0.319 bits per heavy atom. The summed E-state index contributed by atoms with van der Waals surface area (Å²) in [6, 6.07) is 0. The van der Waals surface area contributed by atoms with Crippen molar-refractivity contribution in [3.63, 3.8) is 0 Å². The van der Waals surface area contributed by atoms with E-state index in [1.807, 2.05) is 0 Å². The van der Waals surface area contributed by atoms with Gasteiger partial charge < -0.3 is 172 Å². The molecular weight excluding hydrogens is 1190 g/mol. The molecule has 0 amide bonds. The molecule has 0 atom stereocenters. The van der Waals surface area contributed by atoms with Crippen LogP contribution in [0.5, 0.6) is 0 Å². The summed E-state index contributed by atoms with van der Waals surface area (Å²) in [6.45, 7) is 0. The van der Waals surface area contributed by atoms with E-state index in [0.29, 0.717) is 0 Å². The molecular formula is C15H70O23P3Zr6-. The minimum atomic E-state index is -0.693. The first-order valence-corrected chi connectivity index (χ1v) is 4.33. The van der Waals surface area contributed by atoms with Crippen LogP contribution in [0.2, 0.25) is 0 Å². The first-order chi connectivity index (χ1) is 7.24. The zero-order valence-electron chi connectivity index (χ0n) is 29.9. The second-order valence-corrected chi connectivity index (χ2v) is 1.57. The van der Waals surface area contributed by atoms with Crippen LogP contribution in [0.25, 0.3) is 0 Å². The van der Waals surface area contributed by atoms with Gasteiger partial charge in [-0.2, -0.15) is 0 Å². The van der Waals surface area contributed by atoms with Gasteiger partial charge in [0.1, 0.15) is 0 Å². The van der Waals surface area contributed by atoms with Crippen molar-refractivity contribution >= 4 is 26.1 Å². The summed E-state index contributed by atoms with van der Waals surface area (Å²) < 4.78 is 36.9. The van der Waals surface area contributed by atoms with Crippen LogP contribution in [0, 0.1) is 111 Å². The van der Waals surface area contributed by atoms with Crippen molar-refractivity contribution in [3.8, 4) is 0 Å². The Hall–Kier alpha value is 4.80. The molecule has 308 valence electrons. The fourth-order valence-electron chi connectivity index (χ4n) is 0.0408. The van der Waals surface area contributed by atoms with Crippen molar-refractivity contribution in [1.82, 2.24) is 0 Å². The average molecular weight is 1260 g/mol. The Morgan fingerprint density at radius 2 is 0.383 bits per heavy atom. The van der Waals surface area contributed by atoms with Gasteiger partial charge in [0.15, 0.2) is 0 Å². The van der Waals surface area contributed by atoms with Crippen LogP contribution in [-0.2, 0) is 200 Å². The molecule has 32 heteroatoms. The molecule has 23 nitrogen and oxygen atoms in total. The van der Waals surface area contributed by atoms with Crippen LogP contribution in [0.15, 0.2) is 0 Å². The quantitative estimate of drug-likeness (QED) is 0.131. The van der Waals surface area contributed by atoms with Crippen molar-refractivity contribution in [2.45, 2.75) is 0 Å². The fourth-order valence-corrected chi connectivity index (χ4v) is 0.122. The molecule has 0 bridgehead atoms. The van der Waals surface area contributed by atoms with Gasteiger partial charge in [0.05, 0.1) is 0 Å². The van der Waals surface area contributed by atoms with Gasteiger partial charge in [-0.05, 0) is 0 Å². The zero-order valence-corrected chi connectivity index (χ0v) is 47.3. The Labute approximate surface area is 408 Å². The monoisotopic (exact) mass is 1250 g/mol. The smallest absolute Gasteiger partial charge is 0.412 e. The van der Waals surface area contributed by atoms with Gasteiger partial charge in [-0.1, -0.05) is 15.1 Å². The largest absolute Gasteiger partial charge is 4.00 e. The zero-order chi connectivity index (χ0) is 12.4. The maximum Gasteiger partial charge on any atom is 4.00 e. The van der Waals surface area contributed by atoms with E-state index in [2.05, 4.69) is 29.1 Å². The number of hydrogen-bond donors (Lipinski definition) is 3. The van der Waals surface area contributed by atoms with E-state index in [4.69, 9.17) is 29.5 Å². The van der Waals surface area contributed by atoms with Crippen molar-refractivity contribution < 1.29 is 276 Å². The van der Waals surface area contributed by atoms with Gasteiger partial charge in [0, 0.05) is 26.2 Å². The predicted molar refractivity (Wildman–Crippen MR) is 173 cm³/mol. The van der Waals surface area contributed by atoms with Crippen molar-refractivity contribution in [2.75, 3.05) is 0 Å². The Morgan fingerprint density at radius 3 is 0.383 bits per heavy atom. The minimum Gasteiger partial charge on any atom is -0.412 e. The van der Waals surface area contributed by atoms with Crippen molar-refractivity contribution in [2.24, 2.45) is 0 Å². The van der Waals surface area contributed by atoms with Crippen LogP contribution in [0.3, 0.4) is 0 Å². The van der Waals surface area contributed by atoms with Gasteiger partial charge in [-0.25, -0.2) is 29.5 Å². The normalized spacial score (nSPS) is 2.87. The van der Waals surface area contributed by atoms with Crippen LogP contribution in [0.4, 0.5) is 0 Å². The molecule has 0 heterocycles. The molecule has 0 saturated carbocycles. The standard InChI is InChI=1S/15CH3.3HO4P.11H2O.6Zr/c;;;;;;;;;;;;;;;3*1-3-4-5-2;;;;;;;;;;;;;;;;;/h15*1H3;3*1H;11*1H2;;;;;;/q15*-1;;;;;;;;;;;;;;;;2*+2;2*+3;+4. The molecule has 0 fully saturated rings. The van der Waals surface area contributed by atoms with Crippen molar-refractivity contribution in [1.29, 1.82) is 0 Å². The minimum absolute atomic E-state index is 0. The van der Waals surface area contributed by atoms with Gasteiger partial charge in [-0.3, -0.25) is 0 Å². The van der Waals surface area contributed by atoms with E-state index in [1.165, 1.54) is 0 Å². The third-order valence-corrected chi connectivity index (χ3v) is 0.574. The number of rotatable bonds is 6. The Bertz CT molecular complexity index is 166. The van der Waals surface area contributed by atoms with Crippen molar-refractivity contribution in [3.05, 3.63) is 111 Å². The van der Waals surface area contributed by atoms with Gasteiger partial charge >= 0.3 is 157 Å². The van der Waals surface area contributed by atoms with Crippen LogP contribution < -0.4 is 0 Å². The molecule has 0 spiro atoms. The van der Waals surface area contributed by atoms with E-state index in [0.717, 1.165) is 0 Å². The molecule has 0 aromatic heterocycles. The topological polar surface area (TPSA) is 514 Å². The van der Waals surface area contributed by atoms with Crippen LogP contribution in [0.1, 0.15) is 0 Å². The Balaban J connectivity index is -0.00000000104. The summed E-state index contributed by atoms with van der Waals surface area (Å²) in [5.41, 5.74) is 0. The average Bonchev–Trinajstić information content (AvgIpc) is 2.23. The molecule has 0 aromatic carbocycles. The Kier molecular flexibility index (Phi) is 6670. The molecule has 0 aromatic rings. The summed E-state index contributed by atoms with van der Waals surface area (Å²) >= 11 is 0. The molecule has 0 aliphatic rings. The molecule has 25 N–H and O–H groups in total. The summed E-state index contributed by atoms with van der Waals surface area (Å²) in [7, 11) is -2.08. The molecule has 0 rings (SSSR count). The van der Waals surface area contributed by atoms with E-state index in [-0.39, 0.29) is 329 Å². The van der Waals surface area contributed by atoms with Gasteiger partial charge in [0.2, 0.25) is 0 Å². The van der Waals surface area contributed by atoms with E-state index in [9.17, 15) is 0 Å². The first kappa shape index (κ1) is 474. The second-order valence-electron chi connectivity index (χ2n) is 0.671. The molecule has 2 radical (unpaired) electrons. The summed E-state index contributed by atoms with van der Waals surface area (Å²) in [5.74, 6) is 0. The fraction of sp³-hybridized carbons (Fsp3) is 0. The van der Waals surface area contributed by atoms with Gasteiger partial charge in [0.25, 0.3) is 0 Å². The third kappa shape index (κ3) is 1040.